The number of nitrogens with two attached hydrogens (primary N) is 1. The van der Waals surface area contributed by atoms with Crippen molar-refractivity contribution >= 4 is 27.5 Å². The molecule has 29 heavy (non-hydrogen) atoms. The summed E-state index contributed by atoms with van der Waals surface area (Å²) in [5.41, 5.74) is 6.25. The molecule has 2 aromatic carbocycles. The zero-order chi connectivity index (χ0) is 21.6. The van der Waals surface area contributed by atoms with Gasteiger partial charge in [-0.1, -0.05) is 19.1 Å². The van der Waals surface area contributed by atoms with Gasteiger partial charge in [-0.3, -0.25) is 9.59 Å². The molecule has 0 aromatic heterocycles. The van der Waals surface area contributed by atoms with E-state index in [9.17, 15) is 22.4 Å². The second kappa shape index (κ2) is 9.48. The van der Waals surface area contributed by atoms with Crippen LogP contribution in [-0.2, 0) is 26.0 Å². The van der Waals surface area contributed by atoms with Crippen molar-refractivity contribution in [2.75, 3.05) is 25.5 Å². The van der Waals surface area contributed by atoms with E-state index in [1.807, 2.05) is 0 Å². The van der Waals surface area contributed by atoms with Crippen molar-refractivity contribution in [1.29, 1.82) is 0 Å². The lowest BCUT2D eigenvalue weighted by molar-refractivity contribution is -0.117. The van der Waals surface area contributed by atoms with Gasteiger partial charge in [-0.05, 0) is 35.9 Å². The Bertz CT molecular complexity index is 993. The van der Waals surface area contributed by atoms with Gasteiger partial charge in [0.15, 0.2) is 0 Å². The first-order chi connectivity index (χ1) is 13.7. The molecule has 2 amide bonds. The van der Waals surface area contributed by atoms with E-state index < -0.39 is 34.2 Å². The highest BCUT2D eigenvalue weighted by Crippen LogP contribution is 2.27. The van der Waals surface area contributed by atoms with Crippen molar-refractivity contribution in [1.82, 2.24) is 4.31 Å². The van der Waals surface area contributed by atoms with E-state index in [0.717, 1.165) is 16.4 Å². The first-order valence-corrected chi connectivity index (χ1v) is 10.1. The third-order valence-corrected chi connectivity index (χ3v) is 5.97. The van der Waals surface area contributed by atoms with E-state index in [1.165, 1.54) is 13.2 Å². The van der Waals surface area contributed by atoms with E-state index in [4.69, 9.17) is 10.5 Å². The van der Waals surface area contributed by atoms with Crippen LogP contribution in [-0.4, -0.2) is 44.7 Å². The molecule has 0 fully saturated rings. The maximum atomic E-state index is 13.6. The highest BCUT2D eigenvalue weighted by molar-refractivity contribution is 7.89. The predicted octanol–water partition coefficient (Wildman–Crippen LogP) is 1.51. The average molecular weight is 423 g/mol. The lowest BCUT2D eigenvalue weighted by atomic mass is 10.1. The van der Waals surface area contributed by atoms with Gasteiger partial charge in [-0.25, -0.2) is 12.8 Å². The van der Waals surface area contributed by atoms with Crippen LogP contribution in [0.25, 0.3) is 0 Å². The Balaban J connectivity index is 2.15. The molecule has 0 bridgehead atoms. The molecule has 0 atom stereocenters. The molecule has 2 aromatic rings. The second-order valence-corrected chi connectivity index (χ2v) is 8.02. The average Bonchev–Trinajstić information content (AvgIpc) is 2.67. The minimum absolute atomic E-state index is 0.00697. The smallest absolute Gasteiger partial charge is 0.247 e. The van der Waals surface area contributed by atoms with Gasteiger partial charge in [-0.15, -0.1) is 0 Å². The standard InChI is InChI=1S/C19H22FN3O5S/c1-3-23(29(26,27)17-11-14(20)6-9-16(17)28-2)12-19(25)22-15-7-4-13(5-8-15)10-18(21)24/h4-9,11H,3,10,12H2,1-2H3,(H2,21,24)(H,22,25). The Morgan fingerprint density at radius 2 is 1.83 bits per heavy atom. The van der Waals surface area contributed by atoms with Gasteiger partial charge >= 0.3 is 0 Å². The molecular weight excluding hydrogens is 401 g/mol. The molecule has 0 aliphatic heterocycles. The first-order valence-electron chi connectivity index (χ1n) is 8.68. The maximum absolute atomic E-state index is 13.6. The molecule has 0 saturated carbocycles. The highest BCUT2D eigenvalue weighted by Gasteiger charge is 2.29. The molecule has 156 valence electrons. The molecule has 8 nitrogen and oxygen atoms in total. The van der Waals surface area contributed by atoms with Crippen LogP contribution in [0.2, 0.25) is 0 Å². The van der Waals surface area contributed by atoms with Crippen molar-refractivity contribution in [2.24, 2.45) is 5.73 Å². The molecule has 0 spiro atoms. The van der Waals surface area contributed by atoms with Crippen LogP contribution in [0.3, 0.4) is 0 Å². The minimum atomic E-state index is -4.17. The molecule has 0 unspecified atom stereocenters. The van der Waals surface area contributed by atoms with Gasteiger partial charge in [0.25, 0.3) is 0 Å². The van der Waals surface area contributed by atoms with Crippen LogP contribution < -0.4 is 15.8 Å². The summed E-state index contributed by atoms with van der Waals surface area (Å²) in [5, 5.41) is 2.58. The molecule has 2 rings (SSSR count). The molecule has 0 saturated heterocycles. The Hall–Kier alpha value is -2.98. The quantitative estimate of drug-likeness (QED) is 0.634. The summed E-state index contributed by atoms with van der Waals surface area (Å²) in [5.74, 6) is -1.80. The summed E-state index contributed by atoms with van der Waals surface area (Å²) < 4.78 is 45.3. The van der Waals surface area contributed by atoms with Crippen LogP contribution in [0, 0.1) is 5.82 Å². The van der Waals surface area contributed by atoms with Gasteiger partial charge in [0.1, 0.15) is 16.5 Å². The summed E-state index contributed by atoms with van der Waals surface area (Å²) in [7, 11) is -2.89. The molecule has 0 heterocycles. The van der Waals surface area contributed by atoms with Crippen LogP contribution in [0.15, 0.2) is 47.4 Å². The van der Waals surface area contributed by atoms with Gasteiger partial charge < -0.3 is 15.8 Å². The van der Waals surface area contributed by atoms with Crippen LogP contribution in [0.1, 0.15) is 12.5 Å². The number of nitrogens with zero attached hydrogens (tertiary/aromatic N) is 1. The molecule has 0 aliphatic rings. The number of halogens is 1. The summed E-state index contributed by atoms with van der Waals surface area (Å²) in [6.45, 7) is 1.09. The van der Waals surface area contributed by atoms with E-state index in [-0.39, 0.29) is 23.6 Å². The van der Waals surface area contributed by atoms with Crippen LogP contribution >= 0.6 is 0 Å². The monoisotopic (exact) mass is 423 g/mol. The van der Waals surface area contributed by atoms with E-state index in [2.05, 4.69) is 5.32 Å². The third kappa shape index (κ3) is 5.75. The van der Waals surface area contributed by atoms with Crippen molar-refractivity contribution in [2.45, 2.75) is 18.2 Å². The Morgan fingerprint density at radius 1 is 1.17 bits per heavy atom. The van der Waals surface area contributed by atoms with Gasteiger partial charge in [0.2, 0.25) is 21.8 Å². The number of carbonyl (C=O) groups is 2. The van der Waals surface area contributed by atoms with Gasteiger partial charge in [-0.2, -0.15) is 4.31 Å². The van der Waals surface area contributed by atoms with Gasteiger partial charge in [0.05, 0.1) is 20.1 Å². The first kappa shape index (κ1) is 22.3. The number of hydrogen-bond donors (Lipinski definition) is 2. The summed E-state index contributed by atoms with van der Waals surface area (Å²) in [6.07, 6.45) is 0.0750. The third-order valence-electron chi connectivity index (χ3n) is 4.03. The molecule has 3 N–H and O–H groups in total. The number of sulfonamides is 1. The number of nitrogens with one attached hydrogen (secondary N) is 1. The van der Waals surface area contributed by atoms with Gasteiger partial charge in [0, 0.05) is 12.2 Å². The topological polar surface area (TPSA) is 119 Å². The Kier molecular flexibility index (Phi) is 7.29. The predicted molar refractivity (Wildman–Crippen MR) is 105 cm³/mol. The fourth-order valence-electron chi connectivity index (χ4n) is 2.63. The fraction of sp³-hybridized carbons (Fsp3) is 0.263. The number of benzene rings is 2. The number of ether oxygens (including phenoxy) is 1. The largest absolute Gasteiger partial charge is 0.495 e. The Morgan fingerprint density at radius 3 is 2.38 bits per heavy atom. The lowest BCUT2D eigenvalue weighted by Crippen LogP contribution is -2.38. The van der Waals surface area contributed by atoms with E-state index in [0.29, 0.717) is 11.3 Å². The SMILES string of the molecule is CCN(CC(=O)Nc1ccc(CC(N)=O)cc1)S(=O)(=O)c1cc(F)ccc1OC. The molecule has 0 radical (unpaired) electrons. The number of methoxy groups -OCH3 is 1. The number of carbonyl (C=O) groups excluding carboxylic acids is 2. The molecule has 10 heteroatoms. The number of anilines is 1. The van der Waals surface area contributed by atoms with Crippen molar-refractivity contribution in [3.05, 3.63) is 53.8 Å². The van der Waals surface area contributed by atoms with Crippen molar-refractivity contribution in [3.8, 4) is 5.75 Å². The normalized spacial score (nSPS) is 11.3. The summed E-state index contributed by atoms with van der Waals surface area (Å²) in [6, 6.07) is 9.57. The van der Waals surface area contributed by atoms with E-state index >= 15 is 0 Å². The van der Waals surface area contributed by atoms with Crippen LogP contribution in [0.4, 0.5) is 10.1 Å². The lowest BCUT2D eigenvalue weighted by Gasteiger charge is -2.21. The highest BCUT2D eigenvalue weighted by atomic mass is 32.2. The van der Waals surface area contributed by atoms with Crippen LogP contribution in [0.5, 0.6) is 5.75 Å². The zero-order valence-corrected chi connectivity index (χ0v) is 16.8. The number of likely N-dealkylation sites (N-methyl/N-ethyl adjacent to an activating group) is 1. The number of primary amides is 1. The van der Waals surface area contributed by atoms with E-state index in [1.54, 1.807) is 31.2 Å². The number of amides is 2. The zero-order valence-electron chi connectivity index (χ0n) is 16.0. The molecular formula is C19H22FN3O5S. The maximum Gasteiger partial charge on any atom is 0.247 e. The summed E-state index contributed by atoms with van der Waals surface area (Å²) in [4.78, 5) is 22.9. The summed E-state index contributed by atoms with van der Waals surface area (Å²) >= 11 is 0. The molecule has 0 aliphatic carbocycles. The fourth-order valence-corrected chi connectivity index (χ4v) is 4.20. The number of rotatable bonds is 9. The Labute approximate surface area is 168 Å². The number of hydrogen-bond acceptors (Lipinski definition) is 5. The minimum Gasteiger partial charge on any atom is -0.495 e. The second-order valence-electron chi connectivity index (χ2n) is 6.11. The van der Waals surface area contributed by atoms with Crippen molar-refractivity contribution in [3.63, 3.8) is 0 Å². The van der Waals surface area contributed by atoms with Crippen molar-refractivity contribution < 1.29 is 27.1 Å².